The summed E-state index contributed by atoms with van der Waals surface area (Å²) in [4.78, 5) is 25.1. The van der Waals surface area contributed by atoms with Crippen molar-refractivity contribution < 1.29 is 19.4 Å². The fourth-order valence-corrected chi connectivity index (χ4v) is 4.65. The number of carboxylic acid groups (broad SMARTS) is 1. The molecule has 0 amide bonds. The molecule has 1 aliphatic carbocycles. The van der Waals surface area contributed by atoms with E-state index in [1.807, 2.05) is 18.2 Å². The number of hydrogen-bond acceptors (Lipinski definition) is 3. The predicted octanol–water partition coefficient (Wildman–Crippen LogP) is 7.16. The Hall–Kier alpha value is -3.14. The van der Waals surface area contributed by atoms with Gasteiger partial charge in [0.15, 0.2) is 0 Å². The highest BCUT2D eigenvalue weighted by Crippen LogP contribution is 2.40. The number of allylic oxidation sites excluding steroid dienone is 2. The van der Waals surface area contributed by atoms with E-state index in [4.69, 9.17) is 4.74 Å². The molecule has 0 aromatic heterocycles. The Bertz CT molecular complexity index is 1300. The van der Waals surface area contributed by atoms with Crippen molar-refractivity contribution in [2.24, 2.45) is 11.8 Å². The molecule has 1 aliphatic rings. The zero-order valence-corrected chi connectivity index (χ0v) is 20.9. The molecule has 0 spiro atoms. The molecule has 0 saturated heterocycles. The van der Waals surface area contributed by atoms with Crippen molar-refractivity contribution in [2.45, 2.75) is 65.2 Å². The number of hydrogen-bond donors (Lipinski definition) is 1. The molecular weight excluding hydrogens is 424 g/mol. The van der Waals surface area contributed by atoms with Crippen molar-refractivity contribution in [3.63, 3.8) is 0 Å². The van der Waals surface area contributed by atoms with Crippen molar-refractivity contribution in [3.05, 3.63) is 65.7 Å². The van der Waals surface area contributed by atoms with Gasteiger partial charge in [0.25, 0.3) is 0 Å². The maximum atomic E-state index is 13.4. The second-order valence-electron chi connectivity index (χ2n) is 11.5. The average Bonchev–Trinajstić information content (AvgIpc) is 2.76. The van der Waals surface area contributed by atoms with E-state index < -0.39 is 23.8 Å². The highest BCUT2D eigenvalue weighted by atomic mass is 16.5. The maximum absolute atomic E-state index is 13.4. The number of aliphatic carboxylic acids is 1. The van der Waals surface area contributed by atoms with Crippen molar-refractivity contribution in [1.82, 2.24) is 0 Å². The van der Waals surface area contributed by atoms with Crippen molar-refractivity contribution in [3.8, 4) is 5.75 Å². The van der Waals surface area contributed by atoms with Crippen LogP contribution in [0.4, 0.5) is 0 Å². The standard InChI is InChI=1S/C30H34O4/c1-29(2,3)20-13-14-22-19(16-20)15-18-11-12-21(30(4,5)6)17-25(18)26(22)34-28(33)24-10-8-7-9-23(24)27(31)32/h7-8,11-17,23-24H,9-10H2,1-6H3,(H,31,32). The van der Waals surface area contributed by atoms with Crippen molar-refractivity contribution in [1.29, 1.82) is 0 Å². The summed E-state index contributed by atoms with van der Waals surface area (Å²) in [6.45, 7) is 13.0. The van der Waals surface area contributed by atoms with Crippen LogP contribution in [0.1, 0.15) is 65.5 Å². The Morgan fingerprint density at radius 2 is 1.35 bits per heavy atom. The summed E-state index contributed by atoms with van der Waals surface area (Å²) in [6.07, 6.45) is 4.42. The Morgan fingerprint density at radius 1 is 0.765 bits per heavy atom. The number of esters is 1. The summed E-state index contributed by atoms with van der Waals surface area (Å²) >= 11 is 0. The number of carbonyl (C=O) groups is 2. The van der Waals surface area contributed by atoms with Crippen LogP contribution in [-0.2, 0) is 20.4 Å². The monoisotopic (exact) mass is 458 g/mol. The number of ether oxygens (including phenoxy) is 1. The van der Waals surface area contributed by atoms with Crippen LogP contribution in [-0.4, -0.2) is 17.0 Å². The lowest BCUT2D eigenvalue weighted by atomic mass is 9.83. The molecule has 2 atom stereocenters. The van der Waals surface area contributed by atoms with Gasteiger partial charge in [0.05, 0.1) is 11.8 Å². The van der Waals surface area contributed by atoms with Gasteiger partial charge in [-0.1, -0.05) is 84.0 Å². The minimum atomic E-state index is -0.959. The molecule has 0 saturated carbocycles. The van der Waals surface area contributed by atoms with E-state index in [0.29, 0.717) is 18.6 Å². The third kappa shape index (κ3) is 4.59. The van der Waals surface area contributed by atoms with E-state index in [1.54, 1.807) is 0 Å². The SMILES string of the molecule is CC(C)(C)c1ccc2c(OC(=O)C3CC=CCC3C(=O)O)c3cc(C(C)(C)C)ccc3cc2c1. The molecule has 0 fully saturated rings. The summed E-state index contributed by atoms with van der Waals surface area (Å²) in [7, 11) is 0. The zero-order valence-electron chi connectivity index (χ0n) is 20.9. The quantitative estimate of drug-likeness (QED) is 0.196. The van der Waals surface area contributed by atoms with Crippen LogP contribution in [0, 0.1) is 11.8 Å². The molecule has 4 rings (SSSR count). The zero-order chi connectivity index (χ0) is 24.8. The highest BCUT2D eigenvalue weighted by Gasteiger charge is 2.36. The van der Waals surface area contributed by atoms with E-state index in [9.17, 15) is 14.7 Å². The topological polar surface area (TPSA) is 63.6 Å². The van der Waals surface area contributed by atoms with Gasteiger partial charge < -0.3 is 9.84 Å². The van der Waals surface area contributed by atoms with Crippen LogP contribution in [0.5, 0.6) is 5.75 Å². The first-order valence-corrected chi connectivity index (χ1v) is 12.0. The van der Waals surface area contributed by atoms with E-state index in [-0.39, 0.29) is 10.8 Å². The van der Waals surface area contributed by atoms with Gasteiger partial charge in [-0.2, -0.15) is 0 Å². The summed E-state index contributed by atoms with van der Waals surface area (Å²) in [5.41, 5.74) is 2.26. The van der Waals surface area contributed by atoms with Gasteiger partial charge in [-0.05, 0) is 57.7 Å². The summed E-state index contributed by atoms with van der Waals surface area (Å²) in [6, 6.07) is 14.7. The van der Waals surface area contributed by atoms with E-state index in [1.165, 1.54) is 5.56 Å². The smallest absolute Gasteiger partial charge is 0.315 e. The minimum absolute atomic E-state index is 0.0147. The first kappa shape index (κ1) is 24.0. The molecule has 4 heteroatoms. The second kappa shape index (κ2) is 8.57. The molecule has 34 heavy (non-hydrogen) atoms. The molecule has 4 nitrogen and oxygen atoms in total. The first-order valence-electron chi connectivity index (χ1n) is 12.0. The number of rotatable bonds is 3. The Balaban J connectivity index is 1.90. The number of carboxylic acids is 1. The second-order valence-corrected chi connectivity index (χ2v) is 11.5. The number of benzene rings is 3. The van der Waals surface area contributed by atoms with Crippen LogP contribution < -0.4 is 4.74 Å². The third-order valence-electron chi connectivity index (χ3n) is 6.89. The van der Waals surface area contributed by atoms with Crippen LogP contribution in [0.3, 0.4) is 0 Å². The number of fused-ring (bicyclic) bond motifs is 2. The number of carbonyl (C=O) groups excluding carboxylic acids is 1. The van der Waals surface area contributed by atoms with Gasteiger partial charge in [-0.15, -0.1) is 0 Å². The predicted molar refractivity (Wildman–Crippen MR) is 137 cm³/mol. The molecule has 178 valence electrons. The normalized spacial score (nSPS) is 18.9. The van der Waals surface area contributed by atoms with Gasteiger partial charge in [0.1, 0.15) is 5.75 Å². The fraction of sp³-hybridized carbons (Fsp3) is 0.400. The van der Waals surface area contributed by atoms with E-state index in [2.05, 4.69) is 77.9 Å². The van der Waals surface area contributed by atoms with Crippen LogP contribution >= 0.6 is 0 Å². The molecule has 0 bridgehead atoms. The summed E-state index contributed by atoms with van der Waals surface area (Å²) in [5, 5.41) is 13.4. The summed E-state index contributed by atoms with van der Waals surface area (Å²) < 4.78 is 6.12. The Labute approximate surface area is 201 Å². The van der Waals surface area contributed by atoms with E-state index in [0.717, 1.165) is 27.1 Å². The summed E-state index contributed by atoms with van der Waals surface area (Å²) in [5.74, 6) is -2.39. The lowest BCUT2D eigenvalue weighted by molar-refractivity contribution is -0.152. The van der Waals surface area contributed by atoms with Gasteiger partial charge in [0, 0.05) is 10.8 Å². The van der Waals surface area contributed by atoms with Crippen LogP contribution in [0.15, 0.2) is 54.6 Å². The lowest BCUT2D eigenvalue weighted by Gasteiger charge is -2.25. The molecule has 1 N–H and O–H groups in total. The molecule has 0 aliphatic heterocycles. The Morgan fingerprint density at radius 3 is 1.97 bits per heavy atom. The van der Waals surface area contributed by atoms with Gasteiger partial charge >= 0.3 is 11.9 Å². The van der Waals surface area contributed by atoms with Gasteiger partial charge in [0.2, 0.25) is 0 Å². The molecule has 3 aromatic carbocycles. The van der Waals surface area contributed by atoms with Crippen molar-refractivity contribution >= 4 is 33.5 Å². The lowest BCUT2D eigenvalue weighted by Crippen LogP contribution is -2.33. The Kier molecular flexibility index (Phi) is 6.05. The minimum Gasteiger partial charge on any atom is -0.481 e. The van der Waals surface area contributed by atoms with E-state index >= 15 is 0 Å². The third-order valence-corrected chi connectivity index (χ3v) is 6.89. The van der Waals surface area contributed by atoms with Crippen LogP contribution in [0.2, 0.25) is 0 Å². The van der Waals surface area contributed by atoms with Gasteiger partial charge in [-0.3, -0.25) is 9.59 Å². The average molecular weight is 459 g/mol. The molecule has 3 aromatic rings. The largest absolute Gasteiger partial charge is 0.481 e. The van der Waals surface area contributed by atoms with Crippen LogP contribution in [0.25, 0.3) is 21.5 Å². The molecular formula is C30H34O4. The van der Waals surface area contributed by atoms with Gasteiger partial charge in [-0.25, -0.2) is 0 Å². The van der Waals surface area contributed by atoms with Crippen molar-refractivity contribution in [2.75, 3.05) is 0 Å². The fourth-order valence-electron chi connectivity index (χ4n) is 4.65. The maximum Gasteiger partial charge on any atom is 0.315 e. The molecule has 0 radical (unpaired) electrons. The highest BCUT2D eigenvalue weighted by molar-refractivity contribution is 6.07. The molecule has 0 heterocycles. The molecule has 2 unspecified atom stereocenters. The first-order chi connectivity index (χ1) is 15.9.